The Bertz CT molecular complexity index is 1400. The van der Waals surface area contributed by atoms with Crippen molar-refractivity contribution in [1.29, 1.82) is 0 Å². The number of carbonyl (C=O) groups is 2. The van der Waals surface area contributed by atoms with Gasteiger partial charge in [0.1, 0.15) is 45.3 Å². The number of fused-ring (bicyclic) bond motifs is 2. The first-order chi connectivity index (χ1) is 19.4. The van der Waals surface area contributed by atoms with Gasteiger partial charge >= 0.3 is 11.9 Å². The van der Waals surface area contributed by atoms with Gasteiger partial charge in [0.2, 0.25) is 0 Å². The summed E-state index contributed by atoms with van der Waals surface area (Å²) in [4.78, 5) is 30.2. The van der Waals surface area contributed by atoms with Gasteiger partial charge in [0, 0.05) is 37.0 Å². The molecule has 4 aromatic rings. The minimum Gasteiger partial charge on any atom is -0.497 e. The van der Waals surface area contributed by atoms with Gasteiger partial charge in [0.05, 0.1) is 40.5 Å². The van der Waals surface area contributed by atoms with Gasteiger partial charge in [-0.3, -0.25) is 9.80 Å². The molecule has 3 heterocycles. The van der Waals surface area contributed by atoms with Crippen LogP contribution in [0.4, 0.5) is 0 Å². The molecule has 0 N–H and O–H groups in total. The number of esters is 2. The number of carbonyl (C=O) groups excluding carboxylic acids is 2. The van der Waals surface area contributed by atoms with Crippen molar-refractivity contribution in [3.8, 4) is 11.5 Å². The highest BCUT2D eigenvalue weighted by atomic mass is 16.5. The molecule has 0 aliphatic carbocycles. The third-order valence-electron chi connectivity index (χ3n) is 7.09. The minimum absolute atomic E-state index is 0.274. The number of ether oxygens (including phenoxy) is 4. The zero-order chi connectivity index (χ0) is 28.2. The predicted octanol–water partition coefficient (Wildman–Crippen LogP) is 4.87. The van der Waals surface area contributed by atoms with Gasteiger partial charge in [-0.1, -0.05) is 0 Å². The van der Waals surface area contributed by atoms with Gasteiger partial charge in [-0.15, -0.1) is 0 Å². The van der Waals surface area contributed by atoms with Crippen LogP contribution in [0.5, 0.6) is 11.5 Å². The van der Waals surface area contributed by atoms with Crippen LogP contribution in [0.25, 0.3) is 21.9 Å². The Kier molecular flexibility index (Phi) is 8.27. The van der Waals surface area contributed by atoms with Crippen molar-refractivity contribution in [3.05, 3.63) is 59.0 Å². The predicted molar refractivity (Wildman–Crippen MR) is 148 cm³/mol. The fourth-order valence-corrected chi connectivity index (χ4v) is 5.10. The molecule has 10 nitrogen and oxygen atoms in total. The van der Waals surface area contributed by atoms with Crippen LogP contribution < -0.4 is 9.47 Å². The van der Waals surface area contributed by atoms with Crippen LogP contribution in [-0.4, -0.2) is 75.4 Å². The Hall–Kier alpha value is -4.02. The molecule has 0 amide bonds. The lowest BCUT2D eigenvalue weighted by Gasteiger charge is -2.33. The number of hydrogen-bond acceptors (Lipinski definition) is 10. The average molecular weight is 551 g/mol. The molecule has 1 fully saturated rings. The highest BCUT2D eigenvalue weighted by Crippen LogP contribution is 2.33. The molecule has 0 bridgehead atoms. The second-order valence-electron chi connectivity index (χ2n) is 9.52. The van der Waals surface area contributed by atoms with Crippen molar-refractivity contribution in [2.24, 2.45) is 0 Å². The molecule has 0 spiro atoms. The summed E-state index contributed by atoms with van der Waals surface area (Å²) < 4.78 is 33.6. The van der Waals surface area contributed by atoms with E-state index in [1.807, 2.05) is 24.3 Å². The number of piperazine rings is 1. The van der Waals surface area contributed by atoms with Crippen LogP contribution in [0.2, 0.25) is 0 Å². The van der Waals surface area contributed by atoms with Gasteiger partial charge in [-0.2, -0.15) is 0 Å². The standard InChI is InChI=1S/C30H34N2O8/c1-5-37-29(33)27-21-15-19(35-3)7-9-23(21)39-25(27)17-31-11-13-32(14-12-31)18-26-28(30(34)38-6-2)22-16-20(36-4)8-10-24(22)40-26/h7-10,15-16H,5-6,11-14,17-18H2,1-4H3. The van der Waals surface area contributed by atoms with Crippen molar-refractivity contribution >= 4 is 33.9 Å². The Morgan fingerprint density at radius 2 is 1.10 bits per heavy atom. The van der Waals surface area contributed by atoms with Crippen molar-refractivity contribution in [3.63, 3.8) is 0 Å². The summed E-state index contributed by atoms with van der Waals surface area (Å²) in [5.41, 5.74) is 2.11. The topological polar surface area (TPSA) is 104 Å². The summed E-state index contributed by atoms with van der Waals surface area (Å²) in [7, 11) is 3.17. The lowest BCUT2D eigenvalue weighted by Crippen LogP contribution is -2.45. The van der Waals surface area contributed by atoms with Crippen LogP contribution in [0, 0.1) is 0 Å². The van der Waals surface area contributed by atoms with E-state index in [-0.39, 0.29) is 13.2 Å². The monoisotopic (exact) mass is 550 g/mol. The number of nitrogens with zero attached hydrogens (tertiary/aromatic N) is 2. The molecule has 2 aromatic heterocycles. The zero-order valence-electron chi connectivity index (χ0n) is 23.3. The molecule has 0 radical (unpaired) electrons. The largest absolute Gasteiger partial charge is 0.497 e. The van der Waals surface area contributed by atoms with E-state index in [1.54, 1.807) is 40.2 Å². The van der Waals surface area contributed by atoms with Crippen molar-refractivity contribution in [2.75, 3.05) is 53.6 Å². The average Bonchev–Trinajstić information content (AvgIpc) is 3.50. The SMILES string of the molecule is CCOC(=O)c1c(CN2CCN(Cc3oc4ccc(OC)cc4c3C(=O)OCC)CC2)oc2ccc(OC)cc12. The van der Waals surface area contributed by atoms with E-state index in [1.165, 1.54) is 0 Å². The maximum absolute atomic E-state index is 12.9. The summed E-state index contributed by atoms with van der Waals surface area (Å²) in [6, 6.07) is 10.8. The normalized spacial score (nSPS) is 14.5. The first-order valence-electron chi connectivity index (χ1n) is 13.4. The molecule has 2 aromatic carbocycles. The van der Waals surface area contributed by atoms with E-state index in [9.17, 15) is 9.59 Å². The molecule has 1 aliphatic rings. The van der Waals surface area contributed by atoms with Gasteiger partial charge in [0.25, 0.3) is 0 Å². The van der Waals surface area contributed by atoms with Crippen LogP contribution in [0.3, 0.4) is 0 Å². The molecule has 0 atom stereocenters. The molecule has 5 rings (SSSR count). The number of furan rings is 2. The Morgan fingerprint density at radius 3 is 1.45 bits per heavy atom. The number of hydrogen-bond donors (Lipinski definition) is 0. The van der Waals surface area contributed by atoms with Gasteiger partial charge in [-0.25, -0.2) is 9.59 Å². The summed E-state index contributed by atoms with van der Waals surface area (Å²) >= 11 is 0. The van der Waals surface area contributed by atoms with E-state index < -0.39 is 11.9 Å². The van der Waals surface area contributed by atoms with Crippen LogP contribution >= 0.6 is 0 Å². The van der Waals surface area contributed by atoms with Gasteiger partial charge in [0.15, 0.2) is 0 Å². The molecule has 1 aliphatic heterocycles. The second kappa shape index (κ2) is 12.0. The summed E-state index contributed by atoms with van der Waals surface area (Å²) in [6.45, 7) is 8.02. The maximum atomic E-state index is 12.9. The van der Waals surface area contributed by atoms with Gasteiger partial charge in [-0.05, 0) is 50.2 Å². The minimum atomic E-state index is -0.406. The highest BCUT2D eigenvalue weighted by molar-refractivity contribution is 6.05. The van der Waals surface area contributed by atoms with E-state index in [4.69, 9.17) is 27.8 Å². The fraction of sp³-hybridized carbons (Fsp3) is 0.400. The Balaban J connectivity index is 1.32. The van der Waals surface area contributed by atoms with Crippen molar-refractivity contribution < 1.29 is 37.4 Å². The quantitative estimate of drug-likeness (QED) is 0.254. The van der Waals surface area contributed by atoms with Gasteiger partial charge < -0.3 is 27.8 Å². The van der Waals surface area contributed by atoms with E-state index in [0.29, 0.717) is 69.2 Å². The smallest absolute Gasteiger partial charge is 0.342 e. The summed E-state index contributed by atoms with van der Waals surface area (Å²) in [5, 5.41) is 1.36. The number of methoxy groups -OCH3 is 2. The van der Waals surface area contributed by atoms with E-state index in [0.717, 1.165) is 26.2 Å². The maximum Gasteiger partial charge on any atom is 0.342 e. The zero-order valence-corrected chi connectivity index (χ0v) is 23.3. The lowest BCUT2D eigenvalue weighted by atomic mass is 10.1. The van der Waals surface area contributed by atoms with E-state index >= 15 is 0 Å². The van der Waals surface area contributed by atoms with Crippen LogP contribution in [-0.2, 0) is 22.6 Å². The fourth-order valence-electron chi connectivity index (χ4n) is 5.10. The van der Waals surface area contributed by atoms with Crippen LogP contribution in [0.1, 0.15) is 46.1 Å². The lowest BCUT2D eigenvalue weighted by molar-refractivity contribution is 0.0508. The molecule has 212 valence electrons. The first-order valence-corrected chi connectivity index (χ1v) is 13.4. The Morgan fingerprint density at radius 1 is 0.700 bits per heavy atom. The van der Waals surface area contributed by atoms with E-state index in [2.05, 4.69) is 9.80 Å². The highest BCUT2D eigenvalue weighted by Gasteiger charge is 2.28. The number of rotatable bonds is 10. The molecule has 0 unspecified atom stereocenters. The summed E-state index contributed by atoms with van der Waals surface area (Å²) in [6.07, 6.45) is 0. The van der Waals surface area contributed by atoms with Crippen molar-refractivity contribution in [2.45, 2.75) is 26.9 Å². The molecule has 40 heavy (non-hydrogen) atoms. The molecule has 0 saturated carbocycles. The Labute approximate surface area is 232 Å². The molecule has 1 saturated heterocycles. The van der Waals surface area contributed by atoms with Crippen molar-refractivity contribution in [1.82, 2.24) is 9.80 Å². The molecule has 10 heteroatoms. The molecular formula is C30H34N2O8. The second-order valence-corrected chi connectivity index (χ2v) is 9.52. The summed E-state index contributed by atoms with van der Waals surface area (Å²) in [5.74, 6) is 1.62. The third kappa shape index (κ3) is 5.50. The molecular weight excluding hydrogens is 516 g/mol. The van der Waals surface area contributed by atoms with Crippen LogP contribution in [0.15, 0.2) is 45.2 Å². The first kappa shape index (κ1) is 27.5. The number of benzene rings is 2. The third-order valence-corrected chi connectivity index (χ3v) is 7.09.